The third-order valence-corrected chi connectivity index (χ3v) is 2.53. The van der Waals surface area contributed by atoms with E-state index in [0.717, 1.165) is 6.07 Å². The number of carboxylic acid groups (broad SMARTS) is 1. The topological polar surface area (TPSA) is 88.2 Å². The molecule has 0 spiro atoms. The lowest BCUT2D eigenvalue weighted by molar-refractivity contribution is 0.0696. The number of aromatic carboxylic acids is 1. The summed E-state index contributed by atoms with van der Waals surface area (Å²) in [4.78, 5) is 14.6. The van der Waals surface area contributed by atoms with Gasteiger partial charge in [0, 0.05) is 25.1 Å². The molecule has 0 saturated heterocycles. The number of aromatic nitrogens is 2. The highest BCUT2D eigenvalue weighted by atomic mass is 19.1. The van der Waals surface area contributed by atoms with Crippen LogP contribution in [0.3, 0.4) is 0 Å². The van der Waals surface area contributed by atoms with Crippen molar-refractivity contribution in [3.63, 3.8) is 0 Å². The minimum atomic E-state index is -1.08. The van der Waals surface area contributed by atoms with Crippen LogP contribution in [-0.4, -0.2) is 27.8 Å². The van der Waals surface area contributed by atoms with Gasteiger partial charge in [0.05, 0.1) is 5.56 Å². The number of carboxylic acids is 1. The lowest BCUT2D eigenvalue weighted by Crippen LogP contribution is -2.18. The van der Waals surface area contributed by atoms with Gasteiger partial charge in [-0.25, -0.2) is 9.18 Å². The molecule has 0 atom stereocenters. The van der Waals surface area contributed by atoms with Crippen LogP contribution in [0, 0.1) is 5.82 Å². The SMILES string of the molecule is O=C(O)c1ccc(F)c(CNCCc2ncno2)c1. The molecule has 100 valence electrons. The molecule has 2 rings (SSSR count). The maximum absolute atomic E-state index is 13.5. The zero-order valence-corrected chi connectivity index (χ0v) is 9.97. The van der Waals surface area contributed by atoms with Gasteiger partial charge in [-0.2, -0.15) is 4.98 Å². The fourth-order valence-corrected chi connectivity index (χ4v) is 1.57. The first kappa shape index (κ1) is 13.2. The van der Waals surface area contributed by atoms with Crippen molar-refractivity contribution in [1.82, 2.24) is 15.5 Å². The molecule has 0 amide bonds. The molecule has 0 unspecified atom stereocenters. The minimum absolute atomic E-state index is 0.0649. The van der Waals surface area contributed by atoms with Gasteiger partial charge in [0.15, 0.2) is 6.33 Å². The summed E-state index contributed by atoms with van der Waals surface area (Å²) in [5.74, 6) is -1.02. The van der Waals surface area contributed by atoms with E-state index >= 15 is 0 Å². The lowest BCUT2D eigenvalue weighted by atomic mass is 10.1. The first-order valence-corrected chi connectivity index (χ1v) is 5.65. The largest absolute Gasteiger partial charge is 0.478 e. The molecule has 2 N–H and O–H groups in total. The van der Waals surface area contributed by atoms with Crippen molar-refractivity contribution in [2.45, 2.75) is 13.0 Å². The van der Waals surface area contributed by atoms with E-state index < -0.39 is 11.8 Å². The zero-order chi connectivity index (χ0) is 13.7. The predicted molar refractivity (Wildman–Crippen MR) is 63.1 cm³/mol. The molecule has 1 heterocycles. The predicted octanol–water partition coefficient (Wildman–Crippen LogP) is 1.24. The molecular weight excluding hydrogens is 253 g/mol. The molecule has 0 bridgehead atoms. The Morgan fingerprint density at radius 3 is 3.00 bits per heavy atom. The van der Waals surface area contributed by atoms with E-state index in [9.17, 15) is 9.18 Å². The number of nitrogens with one attached hydrogen (secondary N) is 1. The third kappa shape index (κ3) is 3.59. The summed E-state index contributed by atoms with van der Waals surface area (Å²) in [6.45, 7) is 0.764. The van der Waals surface area contributed by atoms with E-state index in [1.54, 1.807) is 0 Å². The zero-order valence-electron chi connectivity index (χ0n) is 9.97. The number of hydrogen-bond donors (Lipinski definition) is 2. The lowest BCUT2D eigenvalue weighted by Gasteiger charge is -2.06. The average Bonchev–Trinajstić information content (AvgIpc) is 2.89. The van der Waals surface area contributed by atoms with Gasteiger partial charge < -0.3 is 14.9 Å². The van der Waals surface area contributed by atoms with E-state index in [0.29, 0.717) is 24.4 Å². The van der Waals surface area contributed by atoms with Crippen molar-refractivity contribution in [3.05, 3.63) is 47.4 Å². The van der Waals surface area contributed by atoms with Gasteiger partial charge >= 0.3 is 5.97 Å². The highest BCUT2D eigenvalue weighted by Crippen LogP contribution is 2.10. The Labute approximate surface area is 108 Å². The second kappa shape index (κ2) is 6.05. The second-order valence-electron chi connectivity index (χ2n) is 3.87. The Morgan fingerprint density at radius 1 is 1.47 bits per heavy atom. The smallest absolute Gasteiger partial charge is 0.335 e. The average molecular weight is 265 g/mol. The Bertz CT molecular complexity index is 557. The van der Waals surface area contributed by atoms with Crippen LogP contribution in [0.2, 0.25) is 0 Å². The van der Waals surface area contributed by atoms with E-state index in [1.807, 2.05) is 0 Å². The third-order valence-electron chi connectivity index (χ3n) is 2.53. The molecule has 2 aromatic rings. The molecule has 0 radical (unpaired) electrons. The van der Waals surface area contributed by atoms with Gasteiger partial charge in [0.25, 0.3) is 0 Å². The number of benzene rings is 1. The maximum atomic E-state index is 13.5. The fourth-order valence-electron chi connectivity index (χ4n) is 1.57. The van der Waals surface area contributed by atoms with Crippen LogP contribution in [0.4, 0.5) is 4.39 Å². The van der Waals surface area contributed by atoms with Crippen LogP contribution in [0.1, 0.15) is 21.8 Å². The second-order valence-corrected chi connectivity index (χ2v) is 3.87. The number of halogens is 1. The summed E-state index contributed by atoms with van der Waals surface area (Å²) in [6, 6.07) is 3.70. The Hall–Kier alpha value is -2.28. The summed E-state index contributed by atoms with van der Waals surface area (Å²) < 4.78 is 18.3. The van der Waals surface area contributed by atoms with Gasteiger partial charge in [-0.3, -0.25) is 0 Å². The Balaban J connectivity index is 1.88. The molecule has 7 heteroatoms. The van der Waals surface area contributed by atoms with Gasteiger partial charge in [-0.15, -0.1) is 0 Å². The number of hydrogen-bond acceptors (Lipinski definition) is 5. The summed E-state index contributed by atoms with van der Waals surface area (Å²) in [6.07, 6.45) is 1.84. The van der Waals surface area contributed by atoms with Gasteiger partial charge in [-0.05, 0) is 18.2 Å². The summed E-state index contributed by atoms with van der Waals surface area (Å²) >= 11 is 0. The van der Waals surface area contributed by atoms with Gasteiger partial charge in [0.2, 0.25) is 5.89 Å². The minimum Gasteiger partial charge on any atom is -0.478 e. The van der Waals surface area contributed by atoms with E-state index in [4.69, 9.17) is 9.63 Å². The Morgan fingerprint density at radius 2 is 2.32 bits per heavy atom. The summed E-state index contributed by atoms with van der Waals surface area (Å²) in [5, 5.41) is 15.3. The van der Waals surface area contributed by atoms with Crippen LogP contribution in [0.15, 0.2) is 29.0 Å². The molecule has 0 fully saturated rings. The van der Waals surface area contributed by atoms with Crippen LogP contribution in [0.25, 0.3) is 0 Å². The molecule has 1 aromatic carbocycles. The monoisotopic (exact) mass is 265 g/mol. The maximum Gasteiger partial charge on any atom is 0.335 e. The normalized spacial score (nSPS) is 10.6. The molecule has 0 aliphatic carbocycles. The number of carbonyl (C=O) groups is 1. The van der Waals surface area contributed by atoms with Crippen LogP contribution in [-0.2, 0) is 13.0 Å². The van der Waals surface area contributed by atoms with E-state index in [-0.39, 0.29) is 12.1 Å². The van der Waals surface area contributed by atoms with Crippen molar-refractivity contribution < 1.29 is 18.8 Å². The fraction of sp³-hybridized carbons (Fsp3) is 0.250. The quantitative estimate of drug-likeness (QED) is 0.764. The first-order valence-electron chi connectivity index (χ1n) is 5.65. The summed E-state index contributed by atoms with van der Waals surface area (Å²) in [5.41, 5.74) is 0.375. The highest BCUT2D eigenvalue weighted by Gasteiger charge is 2.08. The highest BCUT2D eigenvalue weighted by molar-refractivity contribution is 5.87. The molecule has 0 saturated carbocycles. The molecular formula is C12H12FN3O3. The van der Waals surface area contributed by atoms with Crippen molar-refractivity contribution >= 4 is 5.97 Å². The molecule has 0 aliphatic heterocycles. The molecule has 19 heavy (non-hydrogen) atoms. The standard InChI is InChI=1S/C12H12FN3O3/c13-10-2-1-8(12(17)18)5-9(10)6-14-4-3-11-15-7-16-19-11/h1-2,5,7,14H,3-4,6H2,(H,17,18). The van der Waals surface area contributed by atoms with Crippen molar-refractivity contribution in [3.8, 4) is 0 Å². The van der Waals surface area contributed by atoms with Gasteiger partial charge in [0.1, 0.15) is 5.82 Å². The van der Waals surface area contributed by atoms with Crippen LogP contribution < -0.4 is 5.32 Å². The van der Waals surface area contributed by atoms with Crippen molar-refractivity contribution in [2.24, 2.45) is 0 Å². The number of rotatable bonds is 6. The molecule has 0 aliphatic rings. The van der Waals surface area contributed by atoms with E-state index in [2.05, 4.69) is 15.5 Å². The van der Waals surface area contributed by atoms with Crippen molar-refractivity contribution in [2.75, 3.05) is 6.54 Å². The van der Waals surface area contributed by atoms with Crippen LogP contribution >= 0.6 is 0 Å². The van der Waals surface area contributed by atoms with Gasteiger partial charge in [-0.1, -0.05) is 5.16 Å². The summed E-state index contributed by atoms with van der Waals surface area (Å²) in [7, 11) is 0. The van der Waals surface area contributed by atoms with Crippen LogP contribution in [0.5, 0.6) is 0 Å². The molecule has 1 aromatic heterocycles. The number of nitrogens with zero attached hydrogens (tertiary/aromatic N) is 2. The molecule has 6 nitrogen and oxygen atoms in total. The Kier molecular flexibility index (Phi) is 4.19. The van der Waals surface area contributed by atoms with Crippen molar-refractivity contribution in [1.29, 1.82) is 0 Å². The van der Waals surface area contributed by atoms with E-state index in [1.165, 1.54) is 18.5 Å². The first-order chi connectivity index (χ1) is 9.16.